The minimum atomic E-state index is -0.728. The molecule has 2 N–H and O–H groups in total. The third-order valence-corrected chi connectivity index (χ3v) is 5.94. The molecule has 1 atom stereocenters. The summed E-state index contributed by atoms with van der Waals surface area (Å²) in [5.74, 6) is -2.06. The van der Waals surface area contributed by atoms with E-state index >= 15 is 0 Å². The number of nitrogens with one attached hydrogen (secondary N) is 2. The monoisotopic (exact) mass is 545 g/mol. The topological polar surface area (TPSA) is 150 Å². The Morgan fingerprint density at radius 1 is 0.872 bits per heavy atom. The first-order valence-electron chi connectivity index (χ1n) is 13.2. The van der Waals surface area contributed by atoms with Crippen molar-refractivity contribution in [2.75, 3.05) is 38.3 Å². The molecule has 2 aliphatic rings. The molecule has 1 fully saturated rings. The maximum atomic E-state index is 12.3. The SMILES string of the molecule is O=C(CCOCCOCCNC(=O)c1ccc(NC(=O)OC2CC/C=C/CCC2)cc1)ON1C(=O)CCC1=O. The van der Waals surface area contributed by atoms with E-state index in [-0.39, 0.29) is 64.2 Å². The maximum Gasteiger partial charge on any atom is 0.411 e. The number of nitrogens with zero attached hydrogens (tertiary/aromatic N) is 1. The molecule has 1 aliphatic carbocycles. The van der Waals surface area contributed by atoms with E-state index in [4.69, 9.17) is 19.0 Å². The van der Waals surface area contributed by atoms with Crippen molar-refractivity contribution < 1.29 is 43.0 Å². The lowest BCUT2D eigenvalue weighted by molar-refractivity contribution is -0.198. The number of amides is 4. The number of imide groups is 1. The van der Waals surface area contributed by atoms with Crippen LogP contribution in [0, 0.1) is 0 Å². The number of carbonyl (C=O) groups excluding carboxylic acids is 5. The van der Waals surface area contributed by atoms with E-state index < -0.39 is 23.9 Å². The molecule has 12 heteroatoms. The van der Waals surface area contributed by atoms with Gasteiger partial charge in [0.2, 0.25) is 0 Å². The van der Waals surface area contributed by atoms with Crippen LogP contribution in [0.15, 0.2) is 36.4 Å². The first-order chi connectivity index (χ1) is 18.9. The van der Waals surface area contributed by atoms with Crippen molar-refractivity contribution in [2.24, 2.45) is 0 Å². The number of benzene rings is 1. The van der Waals surface area contributed by atoms with Crippen LogP contribution in [0.5, 0.6) is 0 Å². The summed E-state index contributed by atoms with van der Waals surface area (Å²) in [5, 5.41) is 5.94. The first kappa shape index (κ1) is 29.8. The molecule has 1 heterocycles. The van der Waals surface area contributed by atoms with Crippen LogP contribution in [0.2, 0.25) is 0 Å². The summed E-state index contributed by atoms with van der Waals surface area (Å²) in [7, 11) is 0. The summed E-state index contributed by atoms with van der Waals surface area (Å²) < 4.78 is 16.2. The van der Waals surface area contributed by atoms with E-state index in [2.05, 4.69) is 22.8 Å². The third kappa shape index (κ3) is 10.9. The summed E-state index contributed by atoms with van der Waals surface area (Å²) >= 11 is 0. The van der Waals surface area contributed by atoms with Gasteiger partial charge in [-0.15, -0.1) is 5.06 Å². The molecule has 0 spiro atoms. The van der Waals surface area contributed by atoms with Gasteiger partial charge < -0.3 is 24.4 Å². The van der Waals surface area contributed by atoms with Gasteiger partial charge in [-0.05, 0) is 56.4 Å². The molecule has 1 aliphatic heterocycles. The van der Waals surface area contributed by atoms with Crippen LogP contribution in [0.4, 0.5) is 10.5 Å². The van der Waals surface area contributed by atoms with E-state index in [9.17, 15) is 24.0 Å². The highest BCUT2D eigenvalue weighted by Gasteiger charge is 2.32. The number of anilines is 1. The van der Waals surface area contributed by atoms with Crippen molar-refractivity contribution >= 4 is 35.5 Å². The quantitative estimate of drug-likeness (QED) is 0.217. The molecule has 1 saturated heterocycles. The van der Waals surface area contributed by atoms with Crippen molar-refractivity contribution in [3.63, 3.8) is 0 Å². The molecule has 0 saturated carbocycles. The van der Waals surface area contributed by atoms with Gasteiger partial charge in [-0.25, -0.2) is 9.59 Å². The molecular weight excluding hydrogens is 510 g/mol. The Morgan fingerprint density at radius 2 is 1.56 bits per heavy atom. The lowest BCUT2D eigenvalue weighted by Crippen LogP contribution is -2.32. The highest BCUT2D eigenvalue weighted by atomic mass is 16.7. The van der Waals surface area contributed by atoms with Crippen LogP contribution in [0.1, 0.15) is 61.7 Å². The Balaban J connectivity index is 1.21. The minimum Gasteiger partial charge on any atom is -0.446 e. The highest BCUT2D eigenvalue weighted by Crippen LogP contribution is 2.17. The number of carbonyl (C=O) groups is 5. The van der Waals surface area contributed by atoms with Crippen LogP contribution < -0.4 is 10.6 Å². The van der Waals surface area contributed by atoms with Gasteiger partial charge in [0.15, 0.2) is 0 Å². The van der Waals surface area contributed by atoms with Gasteiger partial charge in [0, 0.05) is 30.6 Å². The van der Waals surface area contributed by atoms with Gasteiger partial charge in [-0.1, -0.05) is 12.2 Å². The average molecular weight is 546 g/mol. The molecule has 0 radical (unpaired) electrons. The van der Waals surface area contributed by atoms with Gasteiger partial charge in [0.1, 0.15) is 6.10 Å². The van der Waals surface area contributed by atoms with Gasteiger partial charge in [-0.3, -0.25) is 19.7 Å². The van der Waals surface area contributed by atoms with Crippen molar-refractivity contribution in [3.05, 3.63) is 42.0 Å². The molecule has 4 amide bonds. The van der Waals surface area contributed by atoms with E-state index in [1.54, 1.807) is 24.3 Å². The van der Waals surface area contributed by atoms with Crippen LogP contribution in [-0.2, 0) is 33.4 Å². The second kappa shape index (κ2) is 16.2. The van der Waals surface area contributed by atoms with Crippen LogP contribution in [0.3, 0.4) is 0 Å². The molecule has 1 aromatic rings. The predicted octanol–water partition coefficient (Wildman–Crippen LogP) is 2.88. The maximum absolute atomic E-state index is 12.3. The lowest BCUT2D eigenvalue weighted by Gasteiger charge is -2.18. The minimum absolute atomic E-state index is 0.0427. The number of hydrogen-bond donors (Lipinski definition) is 2. The summed E-state index contributed by atoms with van der Waals surface area (Å²) in [5.41, 5.74) is 0.977. The number of hydrogen-bond acceptors (Lipinski definition) is 9. The Hall–Kier alpha value is -3.77. The lowest BCUT2D eigenvalue weighted by atomic mass is 10.0. The number of allylic oxidation sites excluding steroid dienone is 2. The molecule has 0 aromatic heterocycles. The van der Waals surface area contributed by atoms with Gasteiger partial charge in [0.05, 0.1) is 32.8 Å². The molecular formula is C27H35N3O9. The average Bonchev–Trinajstić information content (AvgIpc) is 3.21. The summed E-state index contributed by atoms with van der Waals surface area (Å²) in [6.07, 6.45) is 8.20. The Labute approximate surface area is 226 Å². The molecule has 3 rings (SSSR count). The number of hydroxylamine groups is 2. The fraction of sp³-hybridized carbons (Fsp3) is 0.519. The number of ether oxygens (including phenoxy) is 3. The van der Waals surface area contributed by atoms with Crippen molar-refractivity contribution in [1.29, 1.82) is 0 Å². The Bertz CT molecular complexity index is 1010. The van der Waals surface area contributed by atoms with E-state index in [1.165, 1.54) is 0 Å². The zero-order chi connectivity index (χ0) is 27.9. The van der Waals surface area contributed by atoms with Gasteiger partial charge in [0.25, 0.3) is 17.7 Å². The van der Waals surface area contributed by atoms with Crippen molar-refractivity contribution in [1.82, 2.24) is 10.4 Å². The third-order valence-electron chi connectivity index (χ3n) is 5.94. The second-order valence-corrected chi connectivity index (χ2v) is 8.99. The summed E-state index contributed by atoms with van der Waals surface area (Å²) in [4.78, 5) is 63.7. The van der Waals surface area contributed by atoms with Gasteiger partial charge in [-0.2, -0.15) is 0 Å². The standard InChI is InChI=1S/C27H35N3O9/c31-23-12-13-24(32)30(23)39-25(33)14-16-36-18-19-37-17-15-28-26(34)20-8-10-21(11-9-20)29-27(35)38-22-6-4-2-1-3-5-7-22/h1-2,8-11,22H,3-7,12-19H2,(H,28,34)(H,29,35)/b2-1+. The molecule has 1 unspecified atom stereocenters. The van der Waals surface area contributed by atoms with Crippen molar-refractivity contribution in [3.8, 4) is 0 Å². The molecule has 1 aromatic carbocycles. The fourth-order valence-electron chi connectivity index (χ4n) is 3.87. The normalized spacial score (nSPS) is 18.2. The summed E-state index contributed by atoms with van der Waals surface area (Å²) in [6, 6.07) is 6.50. The first-order valence-corrected chi connectivity index (χ1v) is 13.2. The Morgan fingerprint density at radius 3 is 2.31 bits per heavy atom. The largest absolute Gasteiger partial charge is 0.446 e. The van der Waals surface area contributed by atoms with E-state index in [0.717, 1.165) is 32.1 Å². The van der Waals surface area contributed by atoms with Gasteiger partial charge >= 0.3 is 12.1 Å². The zero-order valence-electron chi connectivity index (χ0n) is 21.9. The number of rotatable bonds is 13. The van der Waals surface area contributed by atoms with E-state index in [1.807, 2.05) is 0 Å². The fourth-order valence-corrected chi connectivity index (χ4v) is 3.87. The van der Waals surface area contributed by atoms with E-state index in [0.29, 0.717) is 16.3 Å². The smallest absolute Gasteiger partial charge is 0.411 e. The van der Waals surface area contributed by atoms with Crippen LogP contribution in [0.25, 0.3) is 0 Å². The Kier molecular flexibility index (Phi) is 12.4. The molecule has 12 nitrogen and oxygen atoms in total. The van der Waals surface area contributed by atoms with Crippen molar-refractivity contribution in [2.45, 2.75) is 57.5 Å². The highest BCUT2D eigenvalue weighted by molar-refractivity contribution is 6.01. The van der Waals surface area contributed by atoms with Crippen LogP contribution >= 0.6 is 0 Å². The second-order valence-electron chi connectivity index (χ2n) is 8.99. The molecule has 212 valence electrons. The van der Waals surface area contributed by atoms with Crippen LogP contribution in [-0.4, -0.2) is 73.9 Å². The predicted molar refractivity (Wildman–Crippen MR) is 138 cm³/mol. The summed E-state index contributed by atoms with van der Waals surface area (Å²) in [6.45, 7) is 1.07. The molecule has 0 bridgehead atoms. The molecule has 39 heavy (non-hydrogen) atoms. The zero-order valence-corrected chi connectivity index (χ0v) is 21.9.